The maximum Gasteiger partial charge on any atom is 0.258 e. The third-order valence-corrected chi connectivity index (χ3v) is 7.41. The van der Waals surface area contributed by atoms with Gasteiger partial charge in [-0.05, 0) is 36.6 Å². The van der Waals surface area contributed by atoms with Crippen molar-refractivity contribution in [2.75, 3.05) is 31.6 Å². The third kappa shape index (κ3) is 2.53. The average molecular weight is 396 g/mol. The summed E-state index contributed by atoms with van der Waals surface area (Å²) in [7, 11) is -1.93. The SMILES string of the molecule is CN1C(=O)c2cccc3c(S(=O)(=O)N4CCC(C)(CN)C4)ccc1c23.Cl. The molecule has 8 heteroatoms. The first kappa shape index (κ1) is 19.1. The number of hydrogen-bond acceptors (Lipinski definition) is 4. The topological polar surface area (TPSA) is 83.7 Å². The van der Waals surface area contributed by atoms with Gasteiger partial charge >= 0.3 is 0 Å². The Morgan fingerprint density at radius 3 is 2.62 bits per heavy atom. The van der Waals surface area contributed by atoms with Crippen molar-refractivity contribution in [3.63, 3.8) is 0 Å². The van der Waals surface area contributed by atoms with Gasteiger partial charge in [-0.2, -0.15) is 4.31 Å². The van der Waals surface area contributed by atoms with Gasteiger partial charge in [-0.1, -0.05) is 19.1 Å². The molecule has 2 aromatic carbocycles. The molecule has 26 heavy (non-hydrogen) atoms. The number of halogens is 1. The van der Waals surface area contributed by atoms with Crippen LogP contribution in [0.1, 0.15) is 23.7 Å². The molecule has 0 spiro atoms. The van der Waals surface area contributed by atoms with Crippen LogP contribution in [0.2, 0.25) is 0 Å². The number of anilines is 1. The van der Waals surface area contributed by atoms with E-state index < -0.39 is 10.0 Å². The zero-order valence-electron chi connectivity index (χ0n) is 14.7. The number of nitrogens with zero attached hydrogens (tertiary/aromatic N) is 2. The lowest BCUT2D eigenvalue weighted by Crippen LogP contribution is -2.34. The Morgan fingerprint density at radius 2 is 1.96 bits per heavy atom. The Balaban J connectivity index is 0.00000196. The van der Waals surface area contributed by atoms with E-state index in [2.05, 4.69) is 0 Å². The molecule has 0 radical (unpaired) electrons. The molecule has 1 unspecified atom stereocenters. The summed E-state index contributed by atoms with van der Waals surface area (Å²) in [5.41, 5.74) is 6.94. The Bertz CT molecular complexity index is 1010. The predicted molar refractivity (Wildman–Crippen MR) is 104 cm³/mol. The molecule has 2 N–H and O–H groups in total. The van der Waals surface area contributed by atoms with E-state index in [9.17, 15) is 13.2 Å². The summed E-state index contributed by atoms with van der Waals surface area (Å²) in [6, 6.07) is 8.60. The van der Waals surface area contributed by atoms with Crippen molar-refractivity contribution in [3.05, 3.63) is 35.9 Å². The summed E-state index contributed by atoms with van der Waals surface area (Å²) in [5, 5.41) is 1.32. The number of amides is 1. The van der Waals surface area contributed by atoms with Crippen LogP contribution in [-0.4, -0.2) is 45.3 Å². The molecule has 2 aromatic rings. The Hall–Kier alpha value is -1.67. The van der Waals surface area contributed by atoms with Crippen molar-refractivity contribution >= 4 is 44.8 Å². The first-order valence-corrected chi connectivity index (χ1v) is 9.76. The highest BCUT2D eigenvalue weighted by atomic mass is 35.5. The highest BCUT2D eigenvalue weighted by molar-refractivity contribution is 7.89. The van der Waals surface area contributed by atoms with Crippen molar-refractivity contribution in [1.29, 1.82) is 0 Å². The summed E-state index contributed by atoms with van der Waals surface area (Å²) in [6.07, 6.45) is 0.755. The van der Waals surface area contributed by atoms with Crippen LogP contribution in [0, 0.1) is 5.41 Å². The second kappa shape index (κ2) is 6.20. The quantitative estimate of drug-likeness (QED) is 0.863. The van der Waals surface area contributed by atoms with Crippen molar-refractivity contribution in [2.24, 2.45) is 11.1 Å². The minimum Gasteiger partial charge on any atom is -0.330 e. The third-order valence-electron chi connectivity index (χ3n) is 5.51. The number of hydrogen-bond donors (Lipinski definition) is 1. The van der Waals surface area contributed by atoms with E-state index >= 15 is 0 Å². The zero-order valence-corrected chi connectivity index (χ0v) is 16.4. The van der Waals surface area contributed by atoms with Crippen LogP contribution < -0.4 is 10.6 Å². The largest absolute Gasteiger partial charge is 0.330 e. The maximum absolute atomic E-state index is 13.2. The molecular formula is C18H22ClN3O3S. The summed E-state index contributed by atoms with van der Waals surface area (Å²) in [4.78, 5) is 14.2. The van der Waals surface area contributed by atoms with E-state index in [4.69, 9.17) is 5.73 Å². The van der Waals surface area contributed by atoms with Crippen LogP contribution in [0.25, 0.3) is 10.8 Å². The number of carbonyl (C=O) groups excluding carboxylic acids is 1. The van der Waals surface area contributed by atoms with Gasteiger partial charge < -0.3 is 10.6 Å². The second-order valence-electron chi connectivity index (χ2n) is 7.28. The van der Waals surface area contributed by atoms with Gasteiger partial charge in [0.05, 0.1) is 10.6 Å². The van der Waals surface area contributed by atoms with E-state index in [0.29, 0.717) is 30.6 Å². The molecule has 2 aliphatic rings. The molecule has 0 saturated carbocycles. The molecule has 6 nitrogen and oxygen atoms in total. The first-order chi connectivity index (χ1) is 11.8. The molecule has 1 atom stereocenters. The number of benzene rings is 2. The minimum absolute atomic E-state index is 0. The van der Waals surface area contributed by atoms with Crippen molar-refractivity contribution in [3.8, 4) is 0 Å². The van der Waals surface area contributed by atoms with Crippen LogP contribution in [0.3, 0.4) is 0 Å². The van der Waals surface area contributed by atoms with Gasteiger partial charge in [0, 0.05) is 36.5 Å². The van der Waals surface area contributed by atoms with Gasteiger partial charge in [0.1, 0.15) is 0 Å². The molecule has 140 valence electrons. The minimum atomic E-state index is -3.64. The Morgan fingerprint density at radius 1 is 1.23 bits per heavy atom. The number of nitrogens with two attached hydrogens (primary N) is 1. The molecule has 1 saturated heterocycles. The molecule has 2 heterocycles. The summed E-state index contributed by atoms with van der Waals surface area (Å²) in [6.45, 7) is 3.37. The maximum atomic E-state index is 13.2. The normalized spacial score (nSPS) is 22.9. The Labute approximate surface area is 159 Å². The molecule has 0 aromatic heterocycles. The van der Waals surface area contributed by atoms with Crippen LogP contribution in [0.5, 0.6) is 0 Å². The predicted octanol–water partition coefficient (Wildman–Crippen LogP) is 2.21. The average Bonchev–Trinajstić information content (AvgIpc) is 3.12. The lowest BCUT2D eigenvalue weighted by molar-refractivity contribution is 0.0999. The molecule has 1 fully saturated rings. The molecule has 0 bridgehead atoms. The molecule has 0 aliphatic carbocycles. The fraction of sp³-hybridized carbons (Fsp3) is 0.389. The van der Waals surface area contributed by atoms with Crippen molar-refractivity contribution < 1.29 is 13.2 Å². The van der Waals surface area contributed by atoms with Crippen LogP contribution >= 0.6 is 12.4 Å². The summed E-state index contributed by atoms with van der Waals surface area (Å²) >= 11 is 0. The van der Waals surface area contributed by atoms with Gasteiger partial charge in [0.15, 0.2) is 0 Å². The lowest BCUT2D eigenvalue weighted by Gasteiger charge is -2.23. The fourth-order valence-corrected chi connectivity index (χ4v) is 5.60. The monoisotopic (exact) mass is 395 g/mol. The van der Waals surface area contributed by atoms with Gasteiger partial charge in [0.2, 0.25) is 10.0 Å². The van der Waals surface area contributed by atoms with Crippen molar-refractivity contribution in [1.82, 2.24) is 4.31 Å². The number of sulfonamides is 1. The van der Waals surface area contributed by atoms with Gasteiger partial charge in [0.25, 0.3) is 5.91 Å². The van der Waals surface area contributed by atoms with E-state index in [1.54, 1.807) is 42.3 Å². The Kier molecular flexibility index (Phi) is 4.55. The molecule has 1 amide bonds. The van der Waals surface area contributed by atoms with Crippen LogP contribution in [-0.2, 0) is 10.0 Å². The van der Waals surface area contributed by atoms with Gasteiger partial charge in [-0.25, -0.2) is 8.42 Å². The lowest BCUT2D eigenvalue weighted by atomic mass is 9.90. The molecule has 2 aliphatic heterocycles. The van der Waals surface area contributed by atoms with E-state index in [-0.39, 0.29) is 28.6 Å². The second-order valence-corrected chi connectivity index (χ2v) is 9.18. The van der Waals surface area contributed by atoms with E-state index in [0.717, 1.165) is 17.5 Å². The first-order valence-electron chi connectivity index (χ1n) is 8.32. The van der Waals surface area contributed by atoms with Crippen LogP contribution in [0.4, 0.5) is 5.69 Å². The summed E-state index contributed by atoms with van der Waals surface area (Å²) in [5.74, 6) is -0.105. The zero-order chi connectivity index (χ0) is 18.0. The fourth-order valence-electron chi connectivity index (χ4n) is 3.82. The van der Waals surface area contributed by atoms with E-state index in [1.807, 2.05) is 6.92 Å². The smallest absolute Gasteiger partial charge is 0.258 e. The summed E-state index contributed by atoms with van der Waals surface area (Å²) < 4.78 is 28.0. The van der Waals surface area contributed by atoms with Gasteiger partial charge in [-0.3, -0.25) is 4.79 Å². The van der Waals surface area contributed by atoms with Crippen LogP contribution in [0.15, 0.2) is 35.2 Å². The highest BCUT2D eigenvalue weighted by Crippen LogP contribution is 2.41. The highest BCUT2D eigenvalue weighted by Gasteiger charge is 2.40. The molecule has 4 rings (SSSR count). The van der Waals surface area contributed by atoms with E-state index in [1.165, 1.54) is 4.31 Å². The number of carbonyl (C=O) groups is 1. The molecular weight excluding hydrogens is 374 g/mol. The number of rotatable bonds is 3. The van der Waals surface area contributed by atoms with Crippen molar-refractivity contribution in [2.45, 2.75) is 18.2 Å². The standard InChI is InChI=1S/C18H21N3O3S.ClH/c1-18(10-19)8-9-21(11-18)25(23,24)15-7-6-14-16-12(15)4-3-5-13(16)17(22)20(14)2;/h3-7H,8-11,19H2,1-2H3;1H. The van der Waals surface area contributed by atoms with Gasteiger partial charge in [-0.15, -0.1) is 12.4 Å².